The molecule has 53 heavy (non-hydrogen) atoms. The van der Waals surface area contributed by atoms with Crippen molar-refractivity contribution in [3.05, 3.63) is 24.1 Å². The summed E-state index contributed by atoms with van der Waals surface area (Å²) in [5, 5.41) is 0. The maximum absolute atomic E-state index is 12.3. The second kappa shape index (κ2) is 35.8. The van der Waals surface area contributed by atoms with Gasteiger partial charge >= 0.3 is 11.9 Å². The van der Waals surface area contributed by atoms with Crippen molar-refractivity contribution in [2.45, 2.75) is 194 Å². The van der Waals surface area contributed by atoms with Crippen molar-refractivity contribution in [3.63, 3.8) is 0 Å². The topological polar surface area (TPSA) is 59.1 Å². The summed E-state index contributed by atoms with van der Waals surface area (Å²) in [5.74, 6) is 1.42. The number of carbonyl (C=O) groups excluding carboxylic acids is 2. The van der Waals surface area contributed by atoms with Crippen molar-refractivity contribution in [2.24, 2.45) is 17.8 Å². The number of hydrogen-bond acceptors (Lipinski definition) is 6. The van der Waals surface area contributed by atoms with Crippen LogP contribution in [0.3, 0.4) is 0 Å². The summed E-state index contributed by atoms with van der Waals surface area (Å²) < 4.78 is 11.0. The fourth-order valence-electron chi connectivity index (χ4n) is 7.59. The normalized spacial score (nSPS) is 15.3. The number of nitrogens with zero attached hydrogens (tertiary/aromatic N) is 2. The molecule has 1 heterocycles. The number of piperazine rings is 1. The van der Waals surface area contributed by atoms with Crippen LogP contribution in [-0.2, 0) is 19.1 Å². The quantitative estimate of drug-likeness (QED) is 0.0362. The summed E-state index contributed by atoms with van der Waals surface area (Å²) in [6.07, 6.45) is 34.2. The van der Waals surface area contributed by atoms with Crippen LogP contribution in [0.1, 0.15) is 194 Å². The summed E-state index contributed by atoms with van der Waals surface area (Å²) in [6, 6.07) is 0. The highest BCUT2D eigenvalue weighted by Crippen LogP contribution is 2.23. The van der Waals surface area contributed by atoms with E-state index >= 15 is 0 Å². The van der Waals surface area contributed by atoms with E-state index in [0.29, 0.717) is 32.0 Å². The van der Waals surface area contributed by atoms with E-state index in [2.05, 4.69) is 55.7 Å². The molecule has 0 bridgehead atoms. The molecule has 1 aliphatic rings. The first-order valence-electron chi connectivity index (χ1n) is 22.7. The summed E-state index contributed by atoms with van der Waals surface area (Å²) in [5.41, 5.74) is 5.58. The number of allylic oxidation sites excluding steroid dienone is 1. The van der Waals surface area contributed by atoms with Gasteiger partial charge in [-0.05, 0) is 69.7 Å². The molecule has 6 heteroatoms. The summed E-state index contributed by atoms with van der Waals surface area (Å²) in [6.45, 7) is 17.4. The predicted octanol–water partition coefficient (Wildman–Crippen LogP) is 12.3. The molecule has 0 aliphatic carbocycles. The molecule has 0 N–H and O–H groups in total. The Balaban J connectivity index is 2.14. The van der Waals surface area contributed by atoms with E-state index in [9.17, 15) is 9.59 Å². The third-order valence-corrected chi connectivity index (χ3v) is 11.3. The molecule has 0 amide bonds. The van der Waals surface area contributed by atoms with E-state index in [4.69, 9.17) is 9.47 Å². The van der Waals surface area contributed by atoms with Crippen LogP contribution in [0, 0.1) is 17.8 Å². The van der Waals surface area contributed by atoms with E-state index < -0.39 is 0 Å². The van der Waals surface area contributed by atoms with E-state index in [1.54, 1.807) is 0 Å². The smallest absolute Gasteiger partial charge is 0.306 e. The van der Waals surface area contributed by atoms with Crippen LogP contribution in [0.25, 0.3) is 0 Å². The van der Waals surface area contributed by atoms with Gasteiger partial charge < -0.3 is 19.3 Å². The van der Waals surface area contributed by atoms with Crippen LogP contribution in [0.4, 0.5) is 0 Å². The molecule has 0 spiro atoms. The molecule has 0 aromatic rings. The standard InChI is InChI=1S/C47H86N2O4/c1-6-9-28-43(4)41-46(50)52-39-26-22-18-14-12-16-20-24-31-44(33-34-49-37-35-48(5)36-38-49)32-25-21-17-13-15-19-23-27-40-53-47(51)42-45(29-10-7-2)30-11-8-3/h29,43-45H,2,6,8-9,11-28,30-42H2,1,3-5H3. The largest absolute Gasteiger partial charge is 0.466 e. The van der Waals surface area contributed by atoms with Gasteiger partial charge in [0.1, 0.15) is 0 Å². The first-order valence-corrected chi connectivity index (χ1v) is 22.7. The molecule has 1 saturated heterocycles. The second-order valence-corrected chi connectivity index (χ2v) is 16.5. The maximum atomic E-state index is 12.3. The molecule has 308 valence electrons. The lowest BCUT2D eigenvalue weighted by atomic mass is 9.91. The fraction of sp³-hybridized carbons (Fsp3) is 0.872. The number of carbonyl (C=O) groups is 2. The Morgan fingerprint density at radius 2 is 1.09 bits per heavy atom. The molecule has 1 rings (SSSR count). The lowest BCUT2D eigenvalue weighted by molar-refractivity contribution is -0.145. The van der Waals surface area contributed by atoms with Gasteiger partial charge in [0.25, 0.3) is 0 Å². The number of rotatable bonds is 36. The van der Waals surface area contributed by atoms with Gasteiger partial charge in [-0.2, -0.15) is 0 Å². The molecule has 0 radical (unpaired) electrons. The Bertz CT molecular complexity index is 948. The highest BCUT2D eigenvalue weighted by atomic mass is 16.5. The van der Waals surface area contributed by atoms with E-state index in [-0.39, 0.29) is 17.9 Å². The van der Waals surface area contributed by atoms with Crippen molar-refractivity contribution < 1.29 is 19.1 Å². The first kappa shape index (κ1) is 49.2. The van der Waals surface area contributed by atoms with Gasteiger partial charge in [0.15, 0.2) is 0 Å². The van der Waals surface area contributed by atoms with Gasteiger partial charge in [-0.25, -0.2) is 0 Å². The molecule has 0 aromatic carbocycles. The van der Waals surface area contributed by atoms with Crippen LogP contribution in [0.2, 0.25) is 0 Å². The van der Waals surface area contributed by atoms with Crippen LogP contribution >= 0.6 is 0 Å². The van der Waals surface area contributed by atoms with E-state index in [0.717, 1.165) is 50.9 Å². The van der Waals surface area contributed by atoms with Crippen molar-refractivity contribution in [1.29, 1.82) is 0 Å². The number of ether oxygens (including phenoxy) is 2. The SMILES string of the molecule is C=C=C=CC(CCCC)CC(=O)OCCCCCCCCCCC(CCCCCCCCCCOC(=O)CC(C)CCCC)CCN1CCN(C)CC1. The Hall–Kier alpha value is -1.84. The number of esters is 2. The minimum atomic E-state index is -0.0860. The van der Waals surface area contributed by atoms with Gasteiger partial charge in [0.05, 0.1) is 19.6 Å². The van der Waals surface area contributed by atoms with Crippen LogP contribution in [0.15, 0.2) is 24.1 Å². The third-order valence-electron chi connectivity index (χ3n) is 11.3. The molecule has 0 saturated carbocycles. The Morgan fingerprint density at radius 1 is 0.623 bits per heavy atom. The van der Waals surface area contributed by atoms with Crippen LogP contribution in [-0.4, -0.2) is 74.7 Å². The molecule has 0 aromatic heterocycles. The van der Waals surface area contributed by atoms with Crippen molar-refractivity contribution in [3.8, 4) is 0 Å². The number of likely N-dealkylation sites (N-methyl/N-ethyl adjacent to an activating group) is 1. The summed E-state index contributed by atoms with van der Waals surface area (Å²) in [7, 11) is 2.25. The zero-order valence-corrected chi connectivity index (χ0v) is 35.6. The second-order valence-electron chi connectivity index (χ2n) is 16.5. The Labute approximate surface area is 329 Å². The van der Waals surface area contributed by atoms with Crippen molar-refractivity contribution in [1.82, 2.24) is 9.80 Å². The maximum Gasteiger partial charge on any atom is 0.306 e. The van der Waals surface area contributed by atoms with Gasteiger partial charge in [0, 0.05) is 32.6 Å². The van der Waals surface area contributed by atoms with Crippen LogP contribution < -0.4 is 0 Å². The minimum absolute atomic E-state index is 0.00564. The summed E-state index contributed by atoms with van der Waals surface area (Å²) in [4.78, 5) is 29.4. The zero-order chi connectivity index (χ0) is 38.6. The molecular weight excluding hydrogens is 657 g/mol. The number of hydrogen-bond donors (Lipinski definition) is 0. The van der Waals surface area contributed by atoms with Gasteiger partial charge in [-0.3, -0.25) is 9.59 Å². The molecule has 3 unspecified atom stereocenters. The van der Waals surface area contributed by atoms with Gasteiger partial charge in [-0.15, -0.1) is 0 Å². The average Bonchev–Trinajstić information content (AvgIpc) is 3.15. The highest BCUT2D eigenvalue weighted by Gasteiger charge is 2.16. The van der Waals surface area contributed by atoms with Gasteiger partial charge in [0.2, 0.25) is 0 Å². The molecular formula is C47H86N2O4. The first-order chi connectivity index (χ1) is 25.9. The third kappa shape index (κ3) is 31.1. The zero-order valence-electron chi connectivity index (χ0n) is 35.6. The minimum Gasteiger partial charge on any atom is -0.466 e. The average molecular weight is 743 g/mol. The molecule has 3 atom stereocenters. The number of unbranched alkanes of at least 4 members (excludes halogenated alkanes) is 16. The lowest BCUT2D eigenvalue weighted by Gasteiger charge is -2.33. The summed E-state index contributed by atoms with van der Waals surface area (Å²) >= 11 is 0. The lowest BCUT2D eigenvalue weighted by Crippen LogP contribution is -2.44. The molecule has 6 nitrogen and oxygen atoms in total. The van der Waals surface area contributed by atoms with Crippen molar-refractivity contribution in [2.75, 3.05) is 53.0 Å². The molecule has 1 aliphatic heterocycles. The Kier molecular flexibility index (Phi) is 33.3. The molecule has 1 fully saturated rings. The van der Waals surface area contributed by atoms with E-state index in [1.165, 1.54) is 148 Å². The van der Waals surface area contributed by atoms with Crippen LogP contribution in [0.5, 0.6) is 0 Å². The van der Waals surface area contributed by atoms with E-state index in [1.807, 2.05) is 6.08 Å². The Morgan fingerprint density at radius 3 is 1.60 bits per heavy atom. The monoisotopic (exact) mass is 743 g/mol. The van der Waals surface area contributed by atoms with Gasteiger partial charge in [-0.1, -0.05) is 167 Å². The van der Waals surface area contributed by atoms with Crippen molar-refractivity contribution >= 4 is 11.9 Å². The fourth-order valence-corrected chi connectivity index (χ4v) is 7.59. The predicted molar refractivity (Wildman–Crippen MR) is 225 cm³/mol. The highest BCUT2D eigenvalue weighted by molar-refractivity contribution is 5.70.